The Hall–Kier alpha value is -1.93. The summed E-state index contributed by atoms with van der Waals surface area (Å²) in [5.41, 5.74) is -0.121. The molecule has 2 aromatic rings. The van der Waals surface area contributed by atoms with Gasteiger partial charge in [-0.15, -0.1) is 11.3 Å². The molecular formula is C15H16F3N3OS. The maximum Gasteiger partial charge on any atom is 0.434 e. The van der Waals surface area contributed by atoms with Crippen LogP contribution in [0.1, 0.15) is 22.3 Å². The Bertz CT molecular complexity index is 655. The molecule has 2 rings (SSSR count). The van der Waals surface area contributed by atoms with Crippen molar-refractivity contribution >= 4 is 17.2 Å². The summed E-state index contributed by atoms with van der Waals surface area (Å²) in [5, 5.41) is 3.81. The van der Waals surface area contributed by atoms with Crippen LogP contribution in [0, 0.1) is 0 Å². The SMILES string of the molecule is CN(C)C(C(=O)NCc1nc(C(F)(F)F)cs1)c1ccccc1. The number of hydrogen-bond acceptors (Lipinski definition) is 4. The maximum absolute atomic E-state index is 12.5. The number of carbonyl (C=O) groups is 1. The molecule has 23 heavy (non-hydrogen) atoms. The second-order valence-electron chi connectivity index (χ2n) is 5.12. The Morgan fingerprint density at radius 3 is 2.48 bits per heavy atom. The zero-order valence-corrected chi connectivity index (χ0v) is 13.4. The van der Waals surface area contributed by atoms with Gasteiger partial charge in [-0.2, -0.15) is 13.2 Å². The Morgan fingerprint density at radius 2 is 1.96 bits per heavy atom. The molecule has 0 aliphatic heterocycles. The zero-order chi connectivity index (χ0) is 17.0. The molecule has 8 heteroatoms. The average Bonchev–Trinajstić information content (AvgIpc) is 2.95. The molecule has 1 aromatic carbocycles. The molecule has 1 heterocycles. The van der Waals surface area contributed by atoms with Crippen molar-refractivity contribution in [2.24, 2.45) is 0 Å². The van der Waals surface area contributed by atoms with Gasteiger partial charge in [-0.1, -0.05) is 30.3 Å². The Labute approximate surface area is 136 Å². The van der Waals surface area contributed by atoms with Gasteiger partial charge in [0.15, 0.2) is 5.69 Å². The molecule has 0 radical (unpaired) electrons. The molecule has 1 unspecified atom stereocenters. The van der Waals surface area contributed by atoms with Crippen molar-refractivity contribution in [2.75, 3.05) is 14.1 Å². The van der Waals surface area contributed by atoms with Gasteiger partial charge in [0, 0.05) is 5.38 Å². The first kappa shape index (κ1) is 17.4. The fraction of sp³-hybridized carbons (Fsp3) is 0.333. The van der Waals surface area contributed by atoms with Crippen LogP contribution < -0.4 is 5.32 Å². The minimum absolute atomic E-state index is 0.0310. The van der Waals surface area contributed by atoms with Gasteiger partial charge in [-0.25, -0.2) is 4.98 Å². The van der Waals surface area contributed by atoms with Crippen LogP contribution in [-0.4, -0.2) is 29.9 Å². The van der Waals surface area contributed by atoms with E-state index in [1.165, 1.54) is 0 Å². The van der Waals surface area contributed by atoms with Gasteiger partial charge >= 0.3 is 6.18 Å². The van der Waals surface area contributed by atoms with Crippen LogP contribution >= 0.6 is 11.3 Å². The first-order valence-electron chi connectivity index (χ1n) is 6.79. The average molecular weight is 343 g/mol. The predicted molar refractivity (Wildman–Crippen MR) is 81.8 cm³/mol. The minimum atomic E-state index is -4.46. The highest BCUT2D eigenvalue weighted by molar-refractivity contribution is 7.09. The number of rotatable bonds is 5. The summed E-state index contributed by atoms with van der Waals surface area (Å²) in [6, 6.07) is 8.65. The third-order valence-electron chi connectivity index (χ3n) is 3.14. The maximum atomic E-state index is 12.5. The molecule has 0 bridgehead atoms. The van der Waals surface area contributed by atoms with E-state index < -0.39 is 17.9 Å². The zero-order valence-electron chi connectivity index (χ0n) is 12.6. The molecule has 0 aliphatic carbocycles. The predicted octanol–water partition coefficient (Wildman–Crippen LogP) is 3.08. The number of alkyl halides is 3. The molecule has 0 spiro atoms. The first-order chi connectivity index (χ1) is 10.8. The summed E-state index contributed by atoms with van der Waals surface area (Å²) in [5.74, 6) is -0.287. The third-order valence-corrected chi connectivity index (χ3v) is 3.98. The second kappa shape index (κ2) is 7.10. The van der Waals surface area contributed by atoms with Gasteiger partial charge in [0.1, 0.15) is 11.0 Å². The number of hydrogen-bond donors (Lipinski definition) is 1. The molecule has 1 amide bonds. The molecule has 0 fully saturated rings. The summed E-state index contributed by atoms with van der Waals surface area (Å²) in [4.78, 5) is 17.6. The highest BCUT2D eigenvalue weighted by Gasteiger charge is 2.33. The van der Waals surface area contributed by atoms with E-state index >= 15 is 0 Å². The Kier molecular flexibility index (Phi) is 5.38. The number of likely N-dealkylation sites (N-methyl/N-ethyl adjacent to an activating group) is 1. The van der Waals surface area contributed by atoms with Crippen LogP contribution in [0.4, 0.5) is 13.2 Å². The number of carbonyl (C=O) groups excluding carboxylic acids is 1. The van der Waals surface area contributed by atoms with Crippen molar-refractivity contribution in [2.45, 2.75) is 18.8 Å². The van der Waals surface area contributed by atoms with Crippen LogP contribution in [-0.2, 0) is 17.5 Å². The van der Waals surface area contributed by atoms with Crippen LogP contribution in [0.3, 0.4) is 0 Å². The van der Waals surface area contributed by atoms with Crippen molar-refractivity contribution in [3.8, 4) is 0 Å². The fourth-order valence-corrected chi connectivity index (χ4v) is 2.84. The lowest BCUT2D eigenvalue weighted by molar-refractivity contribution is -0.140. The summed E-state index contributed by atoms with van der Waals surface area (Å²) < 4.78 is 37.5. The van der Waals surface area contributed by atoms with Crippen LogP contribution in [0.5, 0.6) is 0 Å². The van der Waals surface area contributed by atoms with E-state index in [0.29, 0.717) is 0 Å². The summed E-state index contributed by atoms with van der Waals surface area (Å²) >= 11 is 0.875. The number of thiazole rings is 1. The number of amides is 1. The lowest BCUT2D eigenvalue weighted by atomic mass is 10.1. The van der Waals surface area contributed by atoms with Gasteiger partial charge < -0.3 is 5.32 Å². The molecular weight excluding hydrogens is 327 g/mol. The van der Waals surface area contributed by atoms with Gasteiger partial charge in [0.2, 0.25) is 5.91 Å². The van der Waals surface area contributed by atoms with E-state index in [1.54, 1.807) is 19.0 Å². The number of nitrogens with zero attached hydrogens (tertiary/aromatic N) is 2. The van der Waals surface area contributed by atoms with Crippen LogP contribution in [0.15, 0.2) is 35.7 Å². The molecule has 4 nitrogen and oxygen atoms in total. The van der Waals surface area contributed by atoms with E-state index in [1.807, 2.05) is 30.3 Å². The van der Waals surface area contributed by atoms with Gasteiger partial charge in [0.25, 0.3) is 0 Å². The largest absolute Gasteiger partial charge is 0.434 e. The topological polar surface area (TPSA) is 45.2 Å². The van der Waals surface area contributed by atoms with E-state index in [-0.39, 0.29) is 17.5 Å². The van der Waals surface area contributed by atoms with Crippen molar-refractivity contribution in [3.63, 3.8) is 0 Å². The quantitative estimate of drug-likeness (QED) is 0.907. The summed E-state index contributed by atoms with van der Waals surface area (Å²) in [6.07, 6.45) is -4.46. The second-order valence-corrected chi connectivity index (χ2v) is 6.06. The number of nitrogens with one attached hydrogen (secondary N) is 1. The van der Waals surface area contributed by atoms with Gasteiger partial charge in [0.05, 0.1) is 6.54 Å². The van der Waals surface area contributed by atoms with Crippen molar-refractivity contribution < 1.29 is 18.0 Å². The Morgan fingerprint density at radius 1 is 1.30 bits per heavy atom. The number of halogens is 3. The molecule has 0 saturated carbocycles. The molecule has 1 aromatic heterocycles. The van der Waals surface area contributed by atoms with Gasteiger partial charge in [-0.05, 0) is 19.7 Å². The van der Waals surface area contributed by atoms with Crippen molar-refractivity contribution in [3.05, 3.63) is 52.0 Å². The van der Waals surface area contributed by atoms with Crippen LogP contribution in [0.2, 0.25) is 0 Å². The standard InChI is InChI=1S/C15H16F3N3OS/c1-21(2)13(10-6-4-3-5-7-10)14(22)19-8-12-20-11(9-23-12)15(16,17)18/h3-7,9,13H,8H2,1-2H3,(H,19,22). The van der Waals surface area contributed by atoms with E-state index in [4.69, 9.17) is 0 Å². The molecule has 124 valence electrons. The number of benzene rings is 1. The van der Waals surface area contributed by atoms with E-state index in [2.05, 4.69) is 10.3 Å². The number of aromatic nitrogens is 1. The summed E-state index contributed by atoms with van der Waals surface area (Å²) in [6.45, 7) is -0.0310. The third kappa shape index (κ3) is 4.52. The Balaban J connectivity index is 2.04. The fourth-order valence-electron chi connectivity index (χ4n) is 2.10. The van der Waals surface area contributed by atoms with Crippen molar-refractivity contribution in [1.29, 1.82) is 0 Å². The lowest BCUT2D eigenvalue weighted by Crippen LogP contribution is -2.36. The summed E-state index contributed by atoms with van der Waals surface area (Å²) in [7, 11) is 3.53. The molecule has 0 aliphatic rings. The van der Waals surface area contributed by atoms with E-state index in [0.717, 1.165) is 22.3 Å². The van der Waals surface area contributed by atoms with E-state index in [9.17, 15) is 18.0 Å². The normalized spacial score (nSPS) is 13.1. The first-order valence-corrected chi connectivity index (χ1v) is 7.67. The smallest absolute Gasteiger partial charge is 0.348 e. The highest BCUT2D eigenvalue weighted by atomic mass is 32.1. The monoisotopic (exact) mass is 343 g/mol. The van der Waals surface area contributed by atoms with Crippen LogP contribution in [0.25, 0.3) is 0 Å². The van der Waals surface area contributed by atoms with Crippen molar-refractivity contribution in [1.82, 2.24) is 15.2 Å². The molecule has 1 N–H and O–H groups in total. The molecule has 0 saturated heterocycles. The van der Waals surface area contributed by atoms with Gasteiger partial charge in [-0.3, -0.25) is 9.69 Å². The minimum Gasteiger partial charge on any atom is -0.348 e. The lowest BCUT2D eigenvalue weighted by Gasteiger charge is -2.23. The highest BCUT2D eigenvalue weighted by Crippen LogP contribution is 2.30. The molecule has 1 atom stereocenters.